The molecule has 0 aliphatic rings. The Morgan fingerprint density at radius 2 is 0.904 bits per heavy atom. The van der Waals surface area contributed by atoms with Gasteiger partial charge in [0.05, 0.1) is 44.5 Å². The fraction of sp³-hybridized carbons (Fsp3) is 0. The van der Waals surface area contributed by atoms with Crippen LogP contribution in [0.3, 0.4) is 0 Å². The number of aromatic nitrogens is 6. The molecule has 0 saturated carbocycles. The normalized spacial score (nSPS) is 11.9. The molecule has 388 valence electrons. The van der Waals surface area contributed by atoms with E-state index in [2.05, 4.69) is 271 Å². The van der Waals surface area contributed by atoms with Gasteiger partial charge in [0.2, 0.25) is 11.9 Å². The summed E-state index contributed by atoms with van der Waals surface area (Å²) in [7, 11) is 0. The molecular weight excluding hydrogens is 1030 g/mol. The van der Waals surface area contributed by atoms with E-state index in [9.17, 15) is 0 Å². The Morgan fingerprint density at radius 1 is 0.349 bits per heavy atom. The van der Waals surface area contributed by atoms with E-state index in [0.717, 1.165) is 132 Å². The summed E-state index contributed by atoms with van der Waals surface area (Å²) < 4.78 is 5.71. The molecule has 0 bridgehead atoms. The van der Waals surface area contributed by atoms with E-state index >= 15 is 0 Å². The third-order valence-electron chi connectivity index (χ3n) is 16.1. The van der Waals surface area contributed by atoms with E-state index in [1.165, 1.54) is 15.1 Å². The molecule has 6 nitrogen and oxygen atoms in total. The van der Waals surface area contributed by atoms with Gasteiger partial charge in [-0.1, -0.05) is 225 Å². The van der Waals surface area contributed by atoms with Crippen LogP contribution in [0.15, 0.2) is 280 Å². The fourth-order valence-electron chi connectivity index (χ4n) is 12.3. The number of rotatable bonds is 10. The van der Waals surface area contributed by atoms with Crippen LogP contribution < -0.4 is 0 Å². The van der Waals surface area contributed by atoms with Gasteiger partial charge in [-0.3, -0.25) is 9.13 Å². The van der Waals surface area contributed by atoms with E-state index < -0.39 is 0 Å². The van der Waals surface area contributed by atoms with Gasteiger partial charge in [0.15, 0.2) is 0 Å². The van der Waals surface area contributed by atoms with Crippen molar-refractivity contribution in [2.45, 2.75) is 0 Å². The lowest BCUT2D eigenvalue weighted by molar-refractivity contribution is 1.01. The lowest BCUT2D eigenvalue weighted by atomic mass is 9.95. The van der Waals surface area contributed by atoms with E-state index in [0.29, 0.717) is 11.9 Å². The minimum Gasteiger partial charge on any atom is -0.278 e. The topological polar surface area (TPSA) is 61.4 Å². The summed E-state index contributed by atoms with van der Waals surface area (Å²) in [5, 5.41) is 7.68. The third-order valence-corrected chi connectivity index (χ3v) is 17.3. The molecule has 0 fully saturated rings. The quantitative estimate of drug-likeness (QED) is 0.128. The highest BCUT2D eigenvalue weighted by molar-refractivity contribution is 7.22. The summed E-state index contributed by atoms with van der Waals surface area (Å²) >= 11 is 1.80. The molecule has 0 atom stereocenters. The summed E-state index contributed by atoms with van der Waals surface area (Å²) in [6, 6.07) is 92.9. The second kappa shape index (κ2) is 19.7. The molecule has 7 heteroatoms. The van der Waals surface area contributed by atoms with Crippen molar-refractivity contribution < 1.29 is 0 Å². The summed E-state index contributed by atoms with van der Waals surface area (Å²) in [5.74, 6) is 1.24. The Hall–Kier alpha value is -10.9. The molecular formula is C76H48N6S. The molecule has 83 heavy (non-hydrogen) atoms. The van der Waals surface area contributed by atoms with E-state index in [4.69, 9.17) is 19.9 Å². The number of hydrogen-bond donors (Lipinski definition) is 0. The van der Waals surface area contributed by atoms with Gasteiger partial charge >= 0.3 is 0 Å². The predicted molar refractivity (Wildman–Crippen MR) is 349 cm³/mol. The van der Waals surface area contributed by atoms with Crippen LogP contribution in [0, 0.1) is 0 Å². The Kier molecular flexibility index (Phi) is 11.4. The van der Waals surface area contributed by atoms with Crippen LogP contribution in [0.25, 0.3) is 160 Å². The van der Waals surface area contributed by atoms with Gasteiger partial charge in [-0.25, -0.2) is 19.9 Å². The van der Waals surface area contributed by atoms with Gasteiger partial charge in [0, 0.05) is 64.0 Å². The van der Waals surface area contributed by atoms with Crippen molar-refractivity contribution in [1.82, 2.24) is 29.1 Å². The van der Waals surface area contributed by atoms with Gasteiger partial charge < -0.3 is 0 Å². The molecule has 0 spiro atoms. The summed E-state index contributed by atoms with van der Waals surface area (Å²) in [5.41, 5.74) is 18.7. The van der Waals surface area contributed by atoms with Gasteiger partial charge in [-0.05, 0) is 99.6 Å². The van der Waals surface area contributed by atoms with E-state index in [1.54, 1.807) is 11.3 Å². The molecule has 0 aliphatic carbocycles. The molecule has 11 aromatic carbocycles. The summed E-state index contributed by atoms with van der Waals surface area (Å²) in [6.07, 6.45) is 6.03. The lowest BCUT2D eigenvalue weighted by Gasteiger charge is -2.14. The highest BCUT2D eigenvalue weighted by atomic mass is 32.1. The number of hydrogen-bond acceptors (Lipinski definition) is 5. The Bertz CT molecular complexity index is 5270. The smallest absolute Gasteiger partial charge is 0.235 e. The predicted octanol–water partition coefficient (Wildman–Crippen LogP) is 20.2. The van der Waals surface area contributed by atoms with Crippen LogP contribution in [0.4, 0.5) is 0 Å². The fourth-order valence-corrected chi connectivity index (χ4v) is 13.4. The molecule has 0 unspecified atom stereocenters. The van der Waals surface area contributed by atoms with Crippen LogP contribution in [-0.4, -0.2) is 29.1 Å². The van der Waals surface area contributed by atoms with Crippen LogP contribution in [-0.2, 0) is 0 Å². The number of fused-ring (bicyclic) bond motifs is 10. The zero-order chi connectivity index (χ0) is 55.0. The zero-order valence-electron chi connectivity index (χ0n) is 44.9. The average Bonchev–Trinajstić information content (AvgIpc) is 3.33. The molecule has 5 heterocycles. The molecule has 0 saturated heterocycles. The monoisotopic (exact) mass is 1080 g/mol. The Balaban J connectivity index is 0.879. The van der Waals surface area contributed by atoms with E-state index in [-0.39, 0.29) is 0 Å². The van der Waals surface area contributed by atoms with Crippen LogP contribution >= 0.6 is 11.3 Å². The van der Waals surface area contributed by atoms with E-state index in [1.807, 2.05) is 24.3 Å². The van der Waals surface area contributed by atoms with Crippen molar-refractivity contribution in [1.29, 1.82) is 0 Å². The first-order valence-corrected chi connectivity index (χ1v) is 28.7. The van der Waals surface area contributed by atoms with Crippen LogP contribution in [0.1, 0.15) is 5.56 Å². The maximum absolute atomic E-state index is 5.70. The molecule has 0 amide bonds. The minimum atomic E-state index is 0.603. The highest BCUT2D eigenvalue weighted by Gasteiger charge is 2.25. The Labute approximate surface area is 482 Å². The van der Waals surface area contributed by atoms with Gasteiger partial charge in [0.1, 0.15) is 0 Å². The first-order chi connectivity index (χ1) is 41.1. The van der Waals surface area contributed by atoms with Crippen molar-refractivity contribution in [3.63, 3.8) is 0 Å². The standard InChI is InChI=1S/C76H48N6S/c1-2-3-21-50-36-39-57(48-22-8-4-9-23-48)74-70(50)61-46-56(38-42-67(61)82(74)76-78-64-40-43-68-62(47-69(83-68)49-24-10-5-11-25-49)71(64)73(80-76)52-28-14-7-15-29-52)54-31-20-30-53(44-54)55-37-41-66-60(45-55)58-32-17-19-35-65(58)81(66)75-77-63-34-18-16-33-59(63)72(79-75)51-26-12-6-13-27-51/h2-47H,1H2/b21-3-. The van der Waals surface area contributed by atoms with Gasteiger partial charge in [-0.2, -0.15) is 0 Å². The zero-order valence-corrected chi connectivity index (χ0v) is 45.7. The maximum atomic E-state index is 5.70. The minimum absolute atomic E-state index is 0.603. The third kappa shape index (κ3) is 8.08. The molecule has 0 N–H and O–H groups in total. The largest absolute Gasteiger partial charge is 0.278 e. The maximum Gasteiger partial charge on any atom is 0.235 e. The van der Waals surface area contributed by atoms with Crippen molar-refractivity contribution in [3.8, 4) is 78.2 Å². The number of allylic oxidation sites excluding steroid dienone is 2. The Morgan fingerprint density at radius 3 is 1.63 bits per heavy atom. The molecule has 0 radical (unpaired) electrons. The molecule has 5 aromatic heterocycles. The first-order valence-electron chi connectivity index (χ1n) is 27.9. The molecule has 16 aromatic rings. The van der Waals surface area contributed by atoms with Crippen molar-refractivity contribution in [3.05, 3.63) is 285 Å². The van der Waals surface area contributed by atoms with Crippen molar-refractivity contribution in [2.24, 2.45) is 0 Å². The van der Waals surface area contributed by atoms with Gasteiger partial charge in [-0.15, -0.1) is 11.3 Å². The number of benzene rings is 11. The first kappa shape index (κ1) is 48.1. The summed E-state index contributed by atoms with van der Waals surface area (Å²) in [4.78, 5) is 23.0. The molecule has 0 aliphatic heterocycles. The lowest BCUT2D eigenvalue weighted by Crippen LogP contribution is -2.04. The van der Waals surface area contributed by atoms with Crippen LogP contribution in [0.2, 0.25) is 0 Å². The van der Waals surface area contributed by atoms with Crippen LogP contribution in [0.5, 0.6) is 0 Å². The van der Waals surface area contributed by atoms with Crippen molar-refractivity contribution >= 4 is 92.9 Å². The highest BCUT2D eigenvalue weighted by Crippen LogP contribution is 2.45. The van der Waals surface area contributed by atoms with Gasteiger partial charge in [0.25, 0.3) is 0 Å². The number of thiophene rings is 1. The SMILES string of the molecule is C=C/C=C\c1ccc(-c2ccccc2)c2c1c1cc(-c3cccc(-c4ccc5c(c4)c4ccccc4n5-c4nc(-c5ccccc5)c5ccccc5n4)c3)ccc1n2-c1nc(-c2ccccc2)c2c(ccc3sc(-c4ccccc4)cc32)n1. The number of para-hydroxylation sites is 2. The van der Waals surface area contributed by atoms with Crippen molar-refractivity contribution in [2.75, 3.05) is 0 Å². The average molecular weight is 1080 g/mol. The summed E-state index contributed by atoms with van der Waals surface area (Å²) in [6.45, 7) is 4.08. The molecule has 16 rings (SSSR count). The second-order valence-corrected chi connectivity index (χ2v) is 22.0. The number of nitrogens with zero attached hydrogens (tertiary/aromatic N) is 6. The second-order valence-electron chi connectivity index (χ2n) is 21.0.